The van der Waals surface area contributed by atoms with E-state index in [2.05, 4.69) is 45.2 Å². The van der Waals surface area contributed by atoms with Crippen molar-refractivity contribution >= 4 is 12.6 Å². The van der Waals surface area contributed by atoms with Crippen LogP contribution in [0.2, 0.25) is 0 Å². The van der Waals surface area contributed by atoms with E-state index in [1.165, 1.54) is 25.9 Å². The fraction of sp³-hybridized carbons (Fsp3) is 1.00. The molecule has 0 N–H and O–H groups in total. The second kappa shape index (κ2) is 8.60. The van der Waals surface area contributed by atoms with Crippen LogP contribution in [0, 0.1) is 11.8 Å². The van der Waals surface area contributed by atoms with Crippen molar-refractivity contribution < 1.29 is 0 Å². The maximum Gasteiger partial charge on any atom is 0.00698 e. The van der Waals surface area contributed by atoms with Crippen LogP contribution in [0.3, 0.4) is 0 Å². The Labute approximate surface area is 95.7 Å². The fourth-order valence-electron chi connectivity index (χ4n) is 1.36. The smallest absolute Gasteiger partial charge is 0.00698 e. The quantitative estimate of drug-likeness (QED) is 0.611. The largest absolute Gasteiger partial charge is 0.303 e. The standard InChI is InChI=1S/C12H27NS/c1-11(2)5-7-13(9-10-14)8-6-12(3)4/h11-12,14H,5-10H2,1-4H3. The molecule has 0 heterocycles. The molecule has 0 aliphatic heterocycles. The van der Waals surface area contributed by atoms with Crippen LogP contribution in [-0.2, 0) is 0 Å². The molecule has 0 aromatic carbocycles. The SMILES string of the molecule is CC(C)CCN(CCS)CCC(C)C. The Morgan fingerprint density at radius 1 is 0.857 bits per heavy atom. The summed E-state index contributed by atoms with van der Waals surface area (Å²) in [6.45, 7) is 12.8. The van der Waals surface area contributed by atoms with Crippen molar-refractivity contribution in [2.75, 3.05) is 25.4 Å². The van der Waals surface area contributed by atoms with Gasteiger partial charge in [0.05, 0.1) is 0 Å². The van der Waals surface area contributed by atoms with Gasteiger partial charge < -0.3 is 4.90 Å². The molecule has 0 radical (unpaired) electrons. The zero-order valence-corrected chi connectivity index (χ0v) is 11.2. The molecule has 1 nitrogen and oxygen atoms in total. The van der Waals surface area contributed by atoms with E-state index in [1.807, 2.05) is 0 Å². The van der Waals surface area contributed by atoms with E-state index in [1.54, 1.807) is 0 Å². The van der Waals surface area contributed by atoms with E-state index < -0.39 is 0 Å². The second-order valence-electron chi connectivity index (χ2n) is 4.93. The van der Waals surface area contributed by atoms with Gasteiger partial charge in [0.1, 0.15) is 0 Å². The molecule has 0 amide bonds. The van der Waals surface area contributed by atoms with Crippen molar-refractivity contribution in [3.63, 3.8) is 0 Å². The lowest BCUT2D eigenvalue weighted by Crippen LogP contribution is -2.29. The molecule has 0 rings (SSSR count). The molecular weight excluding hydrogens is 190 g/mol. The van der Waals surface area contributed by atoms with Crippen molar-refractivity contribution in [3.05, 3.63) is 0 Å². The van der Waals surface area contributed by atoms with Gasteiger partial charge in [-0.1, -0.05) is 27.7 Å². The summed E-state index contributed by atoms with van der Waals surface area (Å²) in [6, 6.07) is 0. The molecular formula is C12H27NS. The van der Waals surface area contributed by atoms with E-state index in [9.17, 15) is 0 Å². The molecule has 86 valence electrons. The van der Waals surface area contributed by atoms with Gasteiger partial charge in [-0.15, -0.1) is 0 Å². The Bertz CT molecular complexity index is 111. The molecule has 0 bridgehead atoms. The topological polar surface area (TPSA) is 3.24 Å². The summed E-state index contributed by atoms with van der Waals surface area (Å²) in [6.07, 6.45) is 2.62. The van der Waals surface area contributed by atoms with Crippen molar-refractivity contribution in [2.45, 2.75) is 40.5 Å². The fourth-order valence-corrected chi connectivity index (χ4v) is 1.64. The maximum absolute atomic E-state index is 4.31. The molecule has 0 aromatic rings. The lowest BCUT2D eigenvalue weighted by Gasteiger charge is -2.23. The van der Waals surface area contributed by atoms with Crippen LogP contribution in [0.1, 0.15) is 40.5 Å². The minimum atomic E-state index is 0.816. The van der Waals surface area contributed by atoms with E-state index >= 15 is 0 Å². The summed E-state index contributed by atoms with van der Waals surface area (Å²) >= 11 is 4.31. The van der Waals surface area contributed by atoms with Crippen LogP contribution < -0.4 is 0 Å². The van der Waals surface area contributed by atoms with Gasteiger partial charge in [-0.3, -0.25) is 0 Å². The molecule has 0 aromatic heterocycles. The number of nitrogens with zero attached hydrogens (tertiary/aromatic N) is 1. The molecule has 2 heteroatoms. The van der Waals surface area contributed by atoms with Crippen LogP contribution in [0.15, 0.2) is 0 Å². The first-order valence-electron chi connectivity index (χ1n) is 5.89. The molecule has 0 atom stereocenters. The van der Waals surface area contributed by atoms with Crippen LogP contribution in [0.4, 0.5) is 0 Å². The average Bonchev–Trinajstić information content (AvgIpc) is 2.09. The Balaban J connectivity index is 3.65. The predicted octanol–water partition coefficient (Wildman–Crippen LogP) is 3.31. The normalized spacial score (nSPS) is 12.0. The maximum atomic E-state index is 4.31. The minimum Gasteiger partial charge on any atom is -0.303 e. The van der Waals surface area contributed by atoms with E-state index in [4.69, 9.17) is 0 Å². The number of hydrogen-bond acceptors (Lipinski definition) is 2. The van der Waals surface area contributed by atoms with Gasteiger partial charge >= 0.3 is 0 Å². The molecule has 0 fully saturated rings. The summed E-state index contributed by atoms with van der Waals surface area (Å²) in [7, 11) is 0. The van der Waals surface area contributed by atoms with E-state index in [0.717, 1.165) is 24.1 Å². The molecule has 0 unspecified atom stereocenters. The minimum absolute atomic E-state index is 0.816. The predicted molar refractivity (Wildman–Crippen MR) is 69.2 cm³/mol. The highest BCUT2D eigenvalue weighted by Crippen LogP contribution is 2.06. The van der Waals surface area contributed by atoms with Crippen LogP contribution in [-0.4, -0.2) is 30.3 Å². The van der Waals surface area contributed by atoms with Gasteiger partial charge in [-0.2, -0.15) is 12.6 Å². The average molecular weight is 217 g/mol. The monoisotopic (exact) mass is 217 g/mol. The van der Waals surface area contributed by atoms with Gasteiger partial charge in [-0.25, -0.2) is 0 Å². The third kappa shape index (κ3) is 8.89. The van der Waals surface area contributed by atoms with Crippen molar-refractivity contribution in [3.8, 4) is 0 Å². The van der Waals surface area contributed by atoms with Crippen LogP contribution in [0.25, 0.3) is 0 Å². The first-order valence-corrected chi connectivity index (χ1v) is 6.52. The first kappa shape index (κ1) is 14.3. The third-order valence-electron chi connectivity index (χ3n) is 2.46. The van der Waals surface area contributed by atoms with Gasteiger partial charge in [-0.05, 0) is 37.8 Å². The molecule has 14 heavy (non-hydrogen) atoms. The second-order valence-corrected chi connectivity index (χ2v) is 5.38. The number of hydrogen-bond donors (Lipinski definition) is 1. The highest BCUT2D eigenvalue weighted by Gasteiger charge is 2.05. The van der Waals surface area contributed by atoms with Crippen LogP contribution in [0.5, 0.6) is 0 Å². The third-order valence-corrected chi connectivity index (χ3v) is 2.66. The van der Waals surface area contributed by atoms with E-state index in [-0.39, 0.29) is 0 Å². The van der Waals surface area contributed by atoms with E-state index in [0.29, 0.717) is 0 Å². The Morgan fingerprint density at radius 3 is 1.57 bits per heavy atom. The zero-order chi connectivity index (χ0) is 11.0. The van der Waals surface area contributed by atoms with Gasteiger partial charge in [0.25, 0.3) is 0 Å². The lowest BCUT2D eigenvalue weighted by molar-refractivity contribution is 0.257. The van der Waals surface area contributed by atoms with Gasteiger partial charge in [0.15, 0.2) is 0 Å². The first-order chi connectivity index (χ1) is 6.56. The van der Waals surface area contributed by atoms with Crippen LogP contribution >= 0.6 is 12.6 Å². The Kier molecular flexibility index (Phi) is 8.80. The summed E-state index contributed by atoms with van der Waals surface area (Å²) in [5.41, 5.74) is 0. The highest BCUT2D eigenvalue weighted by atomic mass is 32.1. The van der Waals surface area contributed by atoms with Crippen molar-refractivity contribution in [1.82, 2.24) is 4.90 Å². The molecule has 0 saturated heterocycles. The molecule has 0 saturated carbocycles. The summed E-state index contributed by atoms with van der Waals surface area (Å²) in [5.74, 6) is 2.61. The zero-order valence-electron chi connectivity index (χ0n) is 10.3. The highest BCUT2D eigenvalue weighted by molar-refractivity contribution is 7.80. The Hall–Kier alpha value is 0.310. The van der Waals surface area contributed by atoms with Gasteiger partial charge in [0, 0.05) is 12.3 Å². The molecule has 0 aliphatic carbocycles. The number of thiol groups is 1. The van der Waals surface area contributed by atoms with Gasteiger partial charge in [0.2, 0.25) is 0 Å². The number of rotatable bonds is 8. The molecule has 0 aliphatic rings. The molecule has 0 spiro atoms. The summed E-state index contributed by atoms with van der Waals surface area (Å²) in [4.78, 5) is 2.55. The summed E-state index contributed by atoms with van der Waals surface area (Å²) in [5, 5.41) is 0. The lowest BCUT2D eigenvalue weighted by atomic mass is 10.1. The summed E-state index contributed by atoms with van der Waals surface area (Å²) < 4.78 is 0. The Morgan fingerprint density at radius 2 is 1.29 bits per heavy atom. The van der Waals surface area contributed by atoms with Crippen molar-refractivity contribution in [1.29, 1.82) is 0 Å². The van der Waals surface area contributed by atoms with Crippen molar-refractivity contribution in [2.24, 2.45) is 11.8 Å².